The molecule has 2 aromatic carbocycles. The number of carbonyl (C=O) groups is 2. The lowest BCUT2D eigenvalue weighted by molar-refractivity contribution is 0.0600. The number of pyridine rings is 1. The van der Waals surface area contributed by atoms with E-state index in [1.807, 2.05) is 0 Å². The maximum absolute atomic E-state index is 13.1. The Labute approximate surface area is 166 Å². The van der Waals surface area contributed by atoms with Crippen LogP contribution in [0.5, 0.6) is 11.5 Å². The van der Waals surface area contributed by atoms with Crippen molar-refractivity contribution in [3.05, 3.63) is 63.9 Å². The minimum atomic E-state index is -0.693. The van der Waals surface area contributed by atoms with E-state index in [4.69, 9.17) is 4.74 Å². The molecular weight excluding hydrogens is 376 g/mol. The van der Waals surface area contributed by atoms with E-state index in [1.54, 1.807) is 30.3 Å². The number of rotatable bonds is 4. The van der Waals surface area contributed by atoms with Crippen LogP contribution in [0.15, 0.2) is 47.3 Å². The monoisotopic (exact) mass is 396 g/mol. The van der Waals surface area contributed by atoms with Crippen molar-refractivity contribution in [1.29, 1.82) is 0 Å². The van der Waals surface area contributed by atoms with Gasteiger partial charge in [0, 0.05) is 19.8 Å². The smallest absolute Gasteiger partial charge is 0.337 e. The molecule has 0 atom stereocenters. The van der Waals surface area contributed by atoms with Crippen molar-refractivity contribution in [2.75, 3.05) is 26.2 Å². The number of esters is 1. The average molecular weight is 396 g/mol. The number of aromatic nitrogens is 1. The van der Waals surface area contributed by atoms with Crippen LogP contribution in [-0.2, 0) is 11.8 Å². The summed E-state index contributed by atoms with van der Waals surface area (Å²) >= 11 is 0. The summed E-state index contributed by atoms with van der Waals surface area (Å²) in [6.07, 6.45) is 0. The highest BCUT2D eigenvalue weighted by Crippen LogP contribution is 2.34. The third kappa shape index (κ3) is 3.29. The first-order valence-corrected chi connectivity index (χ1v) is 8.66. The number of benzene rings is 2. The zero-order chi connectivity index (χ0) is 21.3. The van der Waals surface area contributed by atoms with Gasteiger partial charge in [0.1, 0.15) is 17.1 Å². The highest BCUT2D eigenvalue weighted by atomic mass is 16.5. The van der Waals surface area contributed by atoms with Gasteiger partial charge in [-0.1, -0.05) is 6.07 Å². The van der Waals surface area contributed by atoms with Crippen LogP contribution in [0.3, 0.4) is 0 Å². The molecular formula is C21H20N2O6. The zero-order valence-electron chi connectivity index (χ0n) is 16.4. The van der Waals surface area contributed by atoms with Gasteiger partial charge in [0.2, 0.25) is 0 Å². The first-order valence-electron chi connectivity index (χ1n) is 8.66. The van der Waals surface area contributed by atoms with Crippen LogP contribution >= 0.6 is 0 Å². The number of carbonyl (C=O) groups excluding carboxylic acids is 2. The zero-order valence-corrected chi connectivity index (χ0v) is 16.4. The van der Waals surface area contributed by atoms with Crippen molar-refractivity contribution in [1.82, 2.24) is 4.57 Å². The van der Waals surface area contributed by atoms with Gasteiger partial charge in [0.15, 0.2) is 0 Å². The van der Waals surface area contributed by atoms with Crippen molar-refractivity contribution in [2.24, 2.45) is 7.05 Å². The summed E-state index contributed by atoms with van der Waals surface area (Å²) < 4.78 is 11.2. The molecule has 8 nitrogen and oxygen atoms in total. The minimum Gasteiger partial charge on any atom is -0.506 e. The molecule has 0 unspecified atom stereocenters. The second-order valence-corrected chi connectivity index (χ2v) is 6.34. The Morgan fingerprint density at radius 1 is 1.07 bits per heavy atom. The van der Waals surface area contributed by atoms with Crippen molar-refractivity contribution < 1.29 is 24.2 Å². The summed E-state index contributed by atoms with van der Waals surface area (Å²) in [5.41, 5.74) is 0.194. The lowest BCUT2D eigenvalue weighted by Crippen LogP contribution is -2.34. The van der Waals surface area contributed by atoms with E-state index < -0.39 is 23.2 Å². The molecule has 29 heavy (non-hydrogen) atoms. The molecule has 0 aliphatic carbocycles. The van der Waals surface area contributed by atoms with E-state index in [0.717, 1.165) is 0 Å². The predicted octanol–water partition coefficient (Wildman–Crippen LogP) is 2.32. The summed E-state index contributed by atoms with van der Waals surface area (Å²) in [6.45, 7) is 0. The number of hydrogen-bond donors (Lipinski definition) is 1. The van der Waals surface area contributed by atoms with Gasteiger partial charge in [0.05, 0.1) is 30.7 Å². The third-order valence-corrected chi connectivity index (χ3v) is 4.77. The van der Waals surface area contributed by atoms with Crippen LogP contribution in [-0.4, -0.2) is 42.8 Å². The first kappa shape index (κ1) is 19.9. The molecule has 0 saturated heterocycles. The summed E-state index contributed by atoms with van der Waals surface area (Å²) in [7, 11) is 5.71. The SMILES string of the molecule is COC(=O)c1ccc(N(C)C(=O)c2c(O)c3c(OC)cccc3n(C)c2=O)cc1. The molecule has 1 N–H and O–H groups in total. The normalized spacial score (nSPS) is 10.6. The van der Waals surface area contributed by atoms with E-state index in [2.05, 4.69) is 4.74 Å². The number of amides is 1. The van der Waals surface area contributed by atoms with Gasteiger partial charge in [-0.05, 0) is 36.4 Å². The number of aryl methyl sites for hydroxylation is 1. The number of hydrogen-bond acceptors (Lipinski definition) is 6. The van der Waals surface area contributed by atoms with E-state index in [-0.39, 0.29) is 10.9 Å². The molecule has 0 saturated carbocycles. The van der Waals surface area contributed by atoms with E-state index in [0.29, 0.717) is 22.5 Å². The standard InChI is InChI=1S/C21H20N2O6/c1-22(13-10-8-12(9-11-13)21(27)29-4)19(25)17-18(24)16-14(23(2)20(17)26)6-5-7-15(16)28-3/h5-11,24H,1-4H3. The molecule has 150 valence electrons. The summed E-state index contributed by atoms with van der Waals surface area (Å²) in [5.74, 6) is -1.29. The molecule has 0 spiro atoms. The van der Waals surface area contributed by atoms with Gasteiger partial charge in [-0.3, -0.25) is 9.59 Å². The molecule has 0 bridgehead atoms. The molecule has 1 heterocycles. The largest absolute Gasteiger partial charge is 0.506 e. The number of methoxy groups -OCH3 is 2. The molecule has 3 aromatic rings. The Morgan fingerprint density at radius 3 is 2.31 bits per heavy atom. The first-order chi connectivity index (χ1) is 13.8. The molecule has 0 aliphatic rings. The Balaban J connectivity index is 2.11. The van der Waals surface area contributed by atoms with Crippen LogP contribution < -0.4 is 15.2 Å². The van der Waals surface area contributed by atoms with Crippen molar-refractivity contribution in [2.45, 2.75) is 0 Å². The van der Waals surface area contributed by atoms with Crippen LogP contribution in [0.4, 0.5) is 5.69 Å². The van der Waals surface area contributed by atoms with Crippen molar-refractivity contribution in [3.8, 4) is 11.5 Å². The van der Waals surface area contributed by atoms with Gasteiger partial charge in [-0.15, -0.1) is 0 Å². The number of aromatic hydroxyl groups is 1. The van der Waals surface area contributed by atoms with Crippen LogP contribution in [0, 0.1) is 0 Å². The highest BCUT2D eigenvalue weighted by molar-refractivity contribution is 6.11. The molecule has 3 rings (SSSR count). The van der Waals surface area contributed by atoms with Crippen LogP contribution in [0.2, 0.25) is 0 Å². The molecule has 0 aliphatic heterocycles. The van der Waals surface area contributed by atoms with Gasteiger partial charge in [-0.2, -0.15) is 0 Å². The van der Waals surface area contributed by atoms with E-state index >= 15 is 0 Å². The Hall–Kier alpha value is -3.81. The predicted molar refractivity (Wildman–Crippen MR) is 108 cm³/mol. The van der Waals surface area contributed by atoms with Crippen molar-refractivity contribution in [3.63, 3.8) is 0 Å². The van der Waals surface area contributed by atoms with Gasteiger partial charge in [0.25, 0.3) is 11.5 Å². The fourth-order valence-electron chi connectivity index (χ4n) is 3.13. The van der Waals surface area contributed by atoms with Crippen LogP contribution in [0.25, 0.3) is 10.9 Å². The fraction of sp³-hybridized carbons (Fsp3) is 0.190. The third-order valence-electron chi connectivity index (χ3n) is 4.77. The lowest BCUT2D eigenvalue weighted by atomic mass is 10.1. The Bertz CT molecular complexity index is 1160. The topological polar surface area (TPSA) is 98.1 Å². The number of fused-ring (bicyclic) bond motifs is 1. The highest BCUT2D eigenvalue weighted by Gasteiger charge is 2.26. The maximum atomic E-state index is 13.1. The summed E-state index contributed by atoms with van der Waals surface area (Å²) in [5, 5.41) is 11.1. The lowest BCUT2D eigenvalue weighted by Gasteiger charge is -2.20. The van der Waals surface area contributed by atoms with Gasteiger partial charge in [-0.25, -0.2) is 4.79 Å². The molecule has 8 heteroatoms. The fourth-order valence-corrected chi connectivity index (χ4v) is 3.13. The Morgan fingerprint density at radius 2 is 1.72 bits per heavy atom. The molecule has 1 amide bonds. The van der Waals surface area contributed by atoms with Crippen LogP contribution in [0.1, 0.15) is 20.7 Å². The minimum absolute atomic E-state index is 0.273. The Kier molecular flexibility index (Phi) is 5.27. The second kappa shape index (κ2) is 7.67. The van der Waals surface area contributed by atoms with Crippen molar-refractivity contribution >= 4 is 28.5 Å². The van der Waals surface area contributed by atoms with E-state index in [1.165, 1.54) is 49.9 Å². The van der Waals surface area contributed by atoms with Gasteiger partial charge >= 0.3 is 5.97 Å². The number of nitrogens with zero attached hydrogens (tertiary/aromatic N) is 2. The quantitative estimate of drug-likeness (QED) is 0.680. The summed E-state index contributed by atoms with van der Waals surface area (Å²) in [6, 6.07) is 11.1. The molecule has 0 fully saturated rings. The number of anilines is 1. The maximum Gasteiger partial charge on any atom is 0.337 e. The number of ether oxygens (including phenoxy) is 2. The van der Waals surface area contributed by atoms with E-state index in [9.17, 15) is 19.5 Å². The average Bonchev–Trinajstić information content (AvgIpc) is 2.75. The second-order valence-electron chi connectivity index (χ2n) is 6.34. The molecule has 0 radical (unpaired) electrons. The molecule has 1 aromatic heterocycles. The van der Waals surface area contributed by atoms with Gasteiger partial charge < -0.3 is 24.0 Å². The summed E-state index contributed by atoms with van der Waals surface area (Å²) in [4.78, 5) is 38.7.